The lowest BCUT2D eigenvalue weighted by Gasteiger charge is -2.26. The summed E-state index contributed by atoms with van der Waals surface area (Å²) in [5, 5.41) is 0. The van der Waals surface area contributed by atoms with Crippen molar-refractivity contribution >= 4 is 21.7 Å². The maximum absolute atomic E-state index is 12.5. The van der Waals surface area contributed by atoms with E-state index in [-0.39, 0.29) is 23.5 Å². The van der Waals surface area contributed by atoms with Gasteiger partial charge in [-0.25, -0.2) is 13.2 Å². The Bertz CT molecular complexity index is 817. The predicted molar refractivity (Wildman–Crippen MR) is 97.8 cm³/mol. The summed E-state index contributed by atoms with van der Waals surface area (Å²) >= 11 is 0. The van der Waals surface area contributed by atoms with E-state index in [0.29, 0.717) is 12.0 Å². The second kappa shape index (κ2) is 7.39. The number of nitrogens with zero attached hydrogens (tertiary/aromatic N) is 1. The van der Waals surface area contributed by atoms with E-state index in [9.17, 15) is 18.0 Å². The second-order valence-electron chi connectivity index (χ2n) is 7.24. The molecule has 0 radical (unpaired) electrons. The normalized spacial score (nSPS) is 22.3. The number of sulfone groups is 1. The van der Waals surface area contributed by atoms with E-state index >= 15 is 0 Å². The number of amides is 1. The number of hydrogen-bond acceptors (Lipinski definition) is 5. The van der Waals surface area contributed by atoms with Crippen LogP contribution in [-0.2, 0) is 32.2 Å². The summed E-state index contributed by atoms with van der Waals surface area (Å²) < 4.78 is 28.5. The highest BCUT2D eigenvalue weighted by molar-refractivity contribution is 7.91. The molecule has 0 spiro atoms. The number of fused-ring (bicyclic) bond motifs is 1. The van der Waals surface area contributed by atoms with Crippen LogP contribution in [0.3, 0.4) is 0 Å². The number of benzene rings is 1. The molecule has 1 amide bonds. The van der Waals surface area contributed by atoms with Crippen molar-refractivity contribution in [3.63, 3.8) is 0 Å². The van der Waals surface area contributed by atoms with E-state index in [1.807, 2.05) is 12.1 Å². The van der Waals surface area contributed by atoms with E-state index in [2.05, 4.69) is 0 Å². The highest BCUT2D eigenvalue weighted by Crippen LogP contribution is 2.23. The van der Waals surface area contributed by atoms with Crippen LogP contribution in [0.5, 0.6) is 0 Å². The molecular weight excluding hydrogens is 354 g/mol. The van der Waals surface area contributed by atoms with Gasteiger partial charge in [0, 0.05) is 13.1 Å². The fraction of sp³-hybridized carbons (Fsp3) is 0.579. The Balaban J connectivity index is 1.62. The van der Waals surface area contributed by atoms with Gasteiger partial charge in [-0.2, -0.15) is 0 Å². The highest BCUT2D eigenvalue weighted by atomic mass is 32.2. The maximum atomic E-state index is 12.5. The summed E-state index contributed by atoms with van der Waals surface area (Å²) in [6.07, 6.45) is 3.77. The van der Waals surface area contributed by atoms with Gasteiger partial charge in [0.15, 0.2) is 15.9 Å². The van der Waals surface area contributed by atoms with Crippen LogP contribution in [0.2, 0.25) is 0 Å². The zero-order chi connectivity index (χ0) is 18.9. The van der Waals surface area contributed by atoms with Gasteiger partial charge < -0.3 is 9.64 Å². The highest BCUT2D eigenvalue weighted by Gasteiger charge is 2.35. The lowest BCUT2D eigenvalue weighted by atomic mass is 9.90. The molecule has 1 fully saturated rings. The second-order valence-corrected chi connectivity index (χ2v) is 9.47. The molecule has 3 rings (SSSR count). The number of carbonyl (C=O) groups is 2. The molecule has 0 saturated carbocycles. The first-order valence-corrected chi connectivity index (χ1v) is 10.9. The molecule has 142 valence electrons. The van der Waals surface area contributed by atoms with Crippen LogP contribution >= 0.6 is 0 Å². The van der Waals surface area contributed by atoms with Crippen LogP contribution in [0.4, 0.5) is 0 Å². The molecule has 1 heterocycles. The topological polar surface area (TPSA) is 80.8 Å². The summed E-state index contributed by atoms with van der Waals surface area (Å²) in [6, 6.07) is 5.23. The number of ether oxygens (including phenoxy) is 1. The molecule has 1 aromatic rings. The third kappa shape index (κ3) is 4.09. The van der Waals surface area contributed by atoms with Crippen LogP contribution in [0.15, 0.2) is 18.2 Å². The van der Waals surface area contributed by atoms with E-state index in [1.165, 1.54) is 29.4 Å². The molecule has 1 aliphatic carbocycles. The van der Waals surface area contributed by atoms with E-state index < -0.39 is 21.9 Å². The molecule has 2 atom stereocenters. The Hall–Kier alpha value is -1.89. The van der Waals surface area contributed by atoms with Crippen molar-refractivity contribution in [1.29, 1.82) is 0 Å². The summed E-state index contributed by atoms with van der Waals surface area (Å²) in [5.41, 5.74) is 2.91. The molecule has 0 aromatic heterocycles. The Morgan fingerprint density at radius 3 is 2.54 bits per heavy atom. The minimum atomic E-state index is -3.08. The average Bonchev–Trinajstić information content (AvgIpc) is 2.99. The Labute approximate surface area is 154 Å². The zero-order valence-electron chi connectivity index (χ0n) is 15.2. The largest absolute Gasteiger partial charge is 0.449 e. The van der Waals surface area contributed by atoms with E-state index in [1.54, 1.807) is 13.1 Å². The standard InChI is InChI=1S/C19H25NO5S/c1-13(18(21)20(2)17-9-10-26(23,24)12-17)25-19(22)16-8-7-14-5-3-4-6-15(14)11-16/h7-8,11,13,17H,3-6,9-10,12H2,1-2H3/t13-,17+/m1/s1. The first-order chi connectivity index (χ1) is 12.3. The van der Waals surface area contributed by atoms with Gasteiger partial charge in [0.25, 0.3) is 5.91 Å². The van der Waals surface area contributed by atoms with Crippen LogP contribution in [-0.4, -0.2) is 55.9 Å². The van der Waals surface area contributed by atoms with Gasteiger partial charge in [-0.3, -0.25) is 4.79 Å². The Kier molecular flexibility index (Phi) is 5.37. The van der Waals surface area contributed by atoms with Crippen molar-refractivity contribution in [2.45, 2.75) is 51.2 Å². The van der Waals surface area contributed by atoms with Gasteiger partial charge in [-0.1, -0.05) is 6.07 Å². The van der Waals surface area contributed by atoms with Crippen LogP contribution in [0.1, 0.15) is 47.7 Å². The molecule has 0 N–H and O–H groups in total. The molecule has 1 aromatic carbocycles. The number of rotatable bonds is 4. The number of carbonyl (C=O) groups excluding carboxylic acids is 2. The monoisotopic (exact) mass is 379 g/mol. The number of likely N-dealkylation sites (N-methyl/N-ethyl adjacent to an activating group) is 1. The predicted octanol–water partition coefficient (Wildman–Crippen LogP) is 1.76. The zero-order valence-corrected chi connectivity index (χ0v) is 16.0. The number of esters is 1. The van der Waals surface area contributed by atoms with Crippen LogP contribution in [0, 0.1) is 0 Å². The van der Waals surface area contributed by atoms with E-state index in [0.717, 1.165) is 19.3 Å². The molecule has 1 aliphatic heterocycles. The van der Waals surface area contributed by atoms with Gasteiger partial charge in [0.05, 0.1) is 17.1 Å². The molecule has 0 unspecified atom stereocenters. The van der Waals surface area contributed by atoms with Gasteiger partial charge in [-0.05, 0) is 62.3 Å². The summed E-state index contributed by atoms with van der Waals surface area (Å²) in [7, 11) is -1.51. The lowest BCUT2D eigenvalue weighted by molar-refractivity contribution is -0.140. The minimum Gasteiger partial charge on any atom is -0.449 e. The SMILES string of the molecule is C[C@@H](OC(=O)c1ccc2c(c1)CCCC2)C(=O)N(C)[C@H]1CCS(=O)(=O)C1. The summed E-state index contributed by atoms with van der Waals surface area (Å²) in [6.45, 7) is 1.53. The number of aryl methyl sites for hydroxylation is 2. The first kappa shape index (κ1) is 18.9. The van der Waals surface area contributed by atoms with Crippen molar-refractivity contribution in [2.75, 3.05) is 18.6 Å². The van der Waals surface area contributed by atoms with Crippen molar-refractivity contribution in [1.82, 2.24) is 4.90 Å². The molecule has 7 heteroatoms. The maximum Gasteiger partial charge on any atom is 0.338 e. The molecule has 26 heavy (non-hydrogen) atoms. The fourth-order valence-electron chi connectivity index (χ4n) is 3.69. The van der Waals surface area contributed by atoms with Crippen LogP contribution in [0.25, 0.3) is 0 Å². The Morgan fingerprint density at radius 1 is 1.19 bits per heavy atom. The molecular formula is C19H25NO5S. The average molecular weight is 379 g/mol. The fourth-order valence-corrected chi connectivity index (χ4v) is 5.46. The van der Waals surface area contributed by atoms with Gasteiger partial charge in [0.1, 0.15) is 0 Å². The van der Waals surface area contributed by atoms with Gasteiger partial charge in [0.2, 0.25) is 0 Å². The molecule has 0 bridgehead atoms. The third-order valence-electron chi connectivity index (χ3n) is 5.32. The number of hydrogen-bond donors (Lipinski definition) is 0. The third-order valence-corrected chi connectivity index (χ3v) is 7.07. The first-order valence-electron chi connectivity index (χ1n) is 9.07. The van der Waals surface area contributed by atoms with Crippen molar-refractivity contribution in [3.8, 4) is 0 Å². The van der Waals surface area contributed by atoms with Crippen LogP contribution < -0.4 is 0 Å². The van der Waals surface area contributed by atoms with Crippen molar-refractivity contribution in [3.05, 3.63) is 34.9 Å². The van der Waals surface area contributed by atoms with Crippen molar-refractivity contribution < 1.29 is 22.7 Å². The molecule has 1 saturated heterocycles. The quantitative estimate of drug-likeness (QED) is 0.745. The smallest absolute Gasteiger partial charge is 0.338 e. The Morgan fingerprint density at radius 2 is 1.88 bits per heavy atom. The molecule has 6 nitrogen and oxygen atoms in total. The van der Waals surface area contributed by atoms with E-state index in [4.69, 9.17) is 4.74 Å². The summed E-state index contributed by atoms with van der Waals surface area (Å²) in [5.74, 6) is -0.829. The van der Waals surface area contributed by atoms with Gasteiger partial charge in [-0.15, -0.1) is 0 Å². The van der Waals surface area contributed by atoms with Gasteiger partial charge >= 0.3 is 5.97 Å². The lowest BCUT2D eigenvalue weighted by Crippen LogP contribution is -2.44. The summed E-state index contributed by atoms with van der Waals surface area (Å²) in [4.78, 5) is 26.3. The minimum absolute atomic E-state index is 0.0271. The molecule has 2 aliphatic rings. The van der Waals surface area contributed by atoms with Crippen molar-refractivity contribution in [2.24, 2.45) is 0 Å².